The van der Waals surface area contributed by atoms with Crippen molar-refractivity contribution in [1.29, 1.82) is 0 Å². The van der Waals surface area contributed by atoms with E-state index >= 15 is 0 Å². The maximum Gasteiger partial charge on any atom is 0.262 e. The van der Waals surface area contributed by atoms with Gasteiger partial charge in [-0.05, 0) is 36.4 Å². The predicted molar refractivity (Wildman–Crippen MR) is 95.2 cm³/mol. The van der Waals surface area contributed by atoms with Crippen molar-refractivity contribution in [3.63, 3.8) is 0 Å². The van der Waals surface area contributed by atoms with E-state index in [9.17, 15) is 13.2 Å². The Bertz CT molecular complexity index is 899. The Hall–Kier alpha value is -2.45. The van der Waals surface area contributed by atoms with Crippen LogP contribution in [0, 0.1) is 0 Å². The van der Waals surface area contributed by atoms with Crippen LogP contribution in [0.2, 0.25) is 5.02 Å². The van der Waals surface area contributed by atoms with Crippen LogP contribution in [0.25, 0.3) is 0 Å². The van der Waals surface area contributed by atoms with Crippen molar-refractivity contribution in [3.05, 3.63) is 47.0 Å². The van der Waals surface area contributed by atoms with Crippen LogP contribution in [0.3, 0.4) is 0 Å². The number of amides is 1. The number of carbonyl (C=O) groups is 1. The highest BCUT2D eigenvalue weighted by molar-refractivity contribution is 7.92. The molecule has 134 valence electrons. The molecule has 1 amide bonds. The quantitative estimate of drug-likeness (QED) is 0.798. The van der Waals surface area contributed by atoms with Gasteiger partial charge >= 0.3 is 0 Å². The van der Waals surface area contributed by atoms with Crippen molar-refractivity contribution in [2.24, 2.45) is 0 Å². The number of rotatable bonds is 6. The highest BCUT2D eigenvalue weighted by Crippen LogP contribution is 2.30. The first-order chi connectivity index (χ1) is 11.8. The molecule has 2 rings (SSSR count). The topological polar surface area (TPSA) is 93.7 Å². The average molecular weight is 385 g/mol. The van der Waals surface area contributed by atoms with Crippen LogP contribution >= 0.6 is 11.6 Å². The number of hydrogen-bond donors (Lipinski definition) is 2. The first-order valence-corrected chi connectivity index (χ1v) is 8.95. The second-order valence-corrected chi connectivity index (χ2v) is 7.01. The fourth-order valence-corrected chi connectivity index (χ4v) is 3.39. The maximum absolute atomic E-state index is 12.7. The number of hydrogen-bond acceptors (Lipinski definition) is 5. The normalized spacial score (nSPS) is 10.9. The minimum atomic E-state index is -3.98. The van der Waals surface area contributed by atoms with Crippen LogP contribution in [-0.4, -0.2) is 35.6 Å². The van der Waals surface area contributed by atoms with Gasteiger partial charge in [-0.25, -0.2) is 8.42 Å². The molecule has 0 atom stereocenters. The van der Waals surface area contributed by atoms with Gasteiger partial charge in [0.1, 0.15) is 11.5 Å². The van der Waals surface area contributed by atoms with Gasteiger partial charge in [-0.3, -0.25) is 9.52 Å². The van der Waals surface area contributed by atoms with Crippen LogP contribution in [0.1, 0.15) is 10.4 Å². The third-order valence-corrected chi connectivity index (χ3v) is 4.96. The molecule has 2 aromatic rings. The van der Waals surface area contributed by atoms with E-state index in [1.165, 1.54) is 45.5 Å². The van der Waals surface area contributed by atoms with Crippen LogP contribution < -0.4 is 19.5 Å². The molecule has 25 heavy (non-hydrogen) atoms. The molecule has 2 aromatic carbocycles. The number of sulfonamides is 1. The smallest absolute Gasteiger partial charge is 0.262 e. The Morgan fingerprint density at radius 1 is 1.04 bits per heavy atom. The third kappa shape index (κ3) is 4.15. The molecule has 0 aliphatic heterocycles. The lowest BCUT2D eigenvalue weighted by atomic mass is 10.2. The van der Waals surface area contributed by atoms with Gasteiger partial charge in [-0.1, -0.05) is 11.6 Å². The van der Waals surface area contributed by atoms with Crippen LogP contribution in [0.15, 0.2) is 41.3 Å². The first kappa shape index (κ1) is 18.9. The minimum absolute atomic E-state index is 0.103. The number of benzene rings is 2. The van der Waals surface area contributed by atoms with Crippen LogP contribution in [0.5, 0.6) is 11.5 Å². The molecule has 0 heterocycles. The summed E-state index contributed by atoms with van der Waals surface area (Å²) in [6.07, 6.45) is 0. The molecule has 7 nitrogen and oxygen atoms in total. The maximum atomic E-state index is 12.7. The average Bonchev–Trinajstić information content (AvgIpc) is 2.60. The molecule has 0 aromatic heterocycles. The Morgan fingerprint density at radius 3 is 2.28 bits per heavy atom. The van der Waals surface area contributed by atoms with Gasteiger partial charge < -0.3 is 14.8 Å². The Balaban J connectivity index is 2.47. The second kappa shape index (κ2) is 7.62. The van der Waals surface area contributed by atoms with Crippen molar-refractivity contribution in [2.45, 2.75) is 4.90 Å². The van der Waals surface area contributed by atoms with E-state index in [2.05, 4.69) is 10.0 Å². The number of carbonyl (C=O) groups excluding carboxylic acids is 1. The number of anilines is 1. The molecule has 0 bridgehead atoms. The second-order valence-electron chi connectivity index (χ2n) is 4.89. The molecular weight excluding hydrogens is 368 g/mol. The van der Waals surface area contributed by atoms with E-state index in [1.54, 1.807) is 12.1 Å². The van der Waals surface area contributed by atoms with Crippen LogP contribution in [0.4, 0.5) is 5.69 Å². The van der Waals surface area contributed by atoms with Gasteiger partial charge in [0.25, 0.3) is 15.9 Å². The Labute approximate surface area is 151 Å². The fraction of sp³-hybridized carbons (Fsp3) is 0.188. The molecule has 0 aliphatic carbocycles. The largest absolute Gasteiger partial charge is 0.496 e. The van der Waals surface area contributed by atoms with Crippen LogP contribution in [-0.2, 0) is 10.0 Å². The summed E-state index contributed by atoms with van der Waals surface area (Å²) in [5.41, 5.74) is 0.290. The number of ether oxygens (including phenoxy) is 2. The molecule has 0 fully saturated rings. The Kier molecular flexibility index (Phi) is 5.76. The van der Waals surface area contributed by atoms with Gasteiger partial charge in [0.2, 0.25) is 0 Å². The standard InChI is InChI=1S/C16H17ClN2O5S/c1-18-16(20)12-9-11(5-7-14(12)23-2)25(21,22)19-13-8-10(17)4-6-15(13)24-3/h4-9,19H,1-3H3,(H,18,20). The molecule has 0 spiro atoms. The van der Waals surface area contributed by atoms with Crippen molar-refractivity contribution < 1.29 is 22.7 Å². The molecule has 0 aliphatic rings. The first-order valence-electron chi connectivity index (χ1n) is 7.09. The van der Waals surface area contributed by atoms with E-state index in [0.717, 1.165) is 0 Å². The highest BCUT2D eigenvalue weighted by Gasteiger charge is 2.21. The fourth-order valence-electron chi connectivity index (χ4n) is 2.13. The molecule has 9 heteroatoms. The number of methoxy groups -OCH3 is 2. The van der Waals surface area contributed by atoms with E-state index in [-0.39, 0.29) is 21.9 Å². The lowest BCUT2D eigenvalue weighted by Crippen LogP contribution is -2.20. The van der Waals surface area contributed by atoms with Gasteiger partial charge in [-0.2, -0.15) is 0 Å². The van der Waals surface area contributed by atoms with Gasteiger partial charge in [-0.15, -0.1) is 0 Å². The van der Waals surface area contributed by atoms with Crippen molar-refractivity contribution in [3.8, 4) is 11.5 Å². The summed E-state index contributed by atoms with van der Waals surface area (Å²) in [5.74, 6) is 0.112. The van der Waals surface area contributed by atoms with E-state index < -0.39 is 15.9 Å². The predicted octanol–water partition coefficient (Wildman–Crippen LogP) is 2.52. The van der Waals surface area contributed by atoms with Crippen molar-refractivity contribution >= 4 is 33.2 Å². The lowest BCUT2D eigenvalue weighted by Gasteiger charge is -2.14. The zero-order chi connectivity index (χ0) is 18.6. The summed E-state index contributed by atoms with van der Waals surface area (Å²) < 4.78 is 38.0. The third-order valence-electron chi connectivity index (χ3n) is 3.36. The molecular formula is C16H17ClN2O5S. The lowest BCUT2D eigenvalue weighted by molar-refractivity contribution is 0.0960. The summed E-state index contributed by atoms with van der Waals surface area (Å²) in [7, 11) is 0.275. The van der Waals surface area contributed by atoms with E-state index in [4.69, 9.17) is 21.1 Å². The zero-order valence-corrected chi connectivity index (χ0v) is 15.4. The molecule has 0 saturated carbocycles. The summed E-state index contributed by atoms with van der Waals surface area (Å²) in [5, 5.41) is 2.78. The van der Waals surface area contributed by atoms with Gasteiger partial charge in [0, 0.05) is 12.1 Å². The molecule has 0 unspecified atom stereocenters. The van der Waals surface area contributed by atoms with Crippen molar-refractivity contribution in [1.82, 2.24) is 5.32 Å². The number of halogens is 1. The monoisotopic (exact) mass is 384 g/mol. The SMILES string of the molecule is CNC(=O)c1cc(S(=O)(=O)Nc2cc(Cl)ccc2OC)ccc1OC. The molecule has 0 saturated heterocycles. The molecule has 2 N–H and O–H groups in total. The summed E-state index contributed by atoms with van der Waals surface area (Å²) in [6.45, 7) is 0. The van der Waals surface area contributed by atoms with Gasteiger partial charge in [0.15, 0.2) is 0 Å². The zero-order valence-electron chi connectivity index (χ0n) is 13.8. The summed E-state index contributed by atoms with van der Waals surface area (Å²) in [4.78, 5) is 11.8. The van der Waals surface area contributed by atoms with Gasteiger partial charge in [0.05, 0.1) is 30.4 Å². The van der Waals surface area contributed by atoms with E-state index in [1.807, 2.05) is 0 Å². The minimum Gasteiger partial charge on any atom is -0.496 e. The summed E-state index contributed by atoms with van der Waals surface area (Å²) >= 11 is 5.91. The van der Waals surface area contributed by atoms with E-state index in [0.29, 0.717) is 10.8 Å². The summed E-state index contributed by atoms with van der Waals surface area (Å²) in [6, 6.07) is 8.54. The highest BCUT2D eigenvalue weighted by atomic mass is 35.5. The number of nitrogens with one attached hydrogen (secondary N) is 2. The Morgan fingerprint density at radius 2 is 1.68 bits per heavy atom. The van der Waals surface area contributed by atoms with Crippen molar-refractivity contribution in [2.75, 3.05) is 26.0 Å². The molecule has 0 radical (unpaired) electrons.